The number of thiazole rings is 1. The van der Waals surface area contributed by atoms with Gasteiger partial charge in [0.25, 0.3) is 0 Å². The van der Waals surface area contributed by atoms with E-state index in [-0.39, 0.29) is 5.78 Å². The summed E-state index contributed by atoms with van der Waals surface area (Å²) in [6, 6.07) is 5.55. The zero-order chi connectivity index (χ0) is 14.5. The van der Waals surface area contributed by atoms with Crippen molar-refractivity contribution in [1.29, 1.82) is 0 Å². The van der Waals surface area contributed by atoms with Crippen LogP contribution in [-0.2, 0) is 13.1 Å². The molecule has 0 bridgehead atoms. The van der Waals surface area contributed by atoms with Gasteiger partial charge in [-0.05, 0) is 32.2 Å². The van der Waals surface area contributed by atoms with Gasteiger partial charge in [0.05, 0.1) is 18.3 Å². The van der Waals surface area contributed by atoms with Gasteiger partial charge >= 0.3 is 0 Å². The van der Waals surface area contributed by atoms with Crippen LogP contribution in [0, 0.1) is 0 Å². The monoisotopic (exact) mass is 290 g/mol. The van der Waals surface area contributed by atoms with Crippen LogP contribution in [0.5, 0.6) is 5.75 Å². The third kappa shape index (κ3) is 3.65. The maximum Gasteiger partial charge on any atom is 0.159 e. The van der Waals surface area contributed by atoms with Gasteiger partial charge in [0.1, 0.15) is 5.75 Å². The number of rotatable bonds is 6. The summed E-state index contributed by atoms with van der Waals surface area (Å²) in [6.07, 6.45) is 0. The topological polar surface area (TPSA) is 42.4 Å². The Bertz CT molecular complexity index is 582. The molecule has 0 amide bonds. The maximum atomic E-state index is 11.5. The van der Waals surface area contributed by atoms with Crippen LogP contribution in [0.25, 0.3) is 0 Å². The second-order valence-electron chi connectivity index (χ2n) is 4.73. The van der Waals surface area contributed by atoms with Crippen molar-refractivity contribution in [2.75, 3.05) is 14.2 Å². The third-order valence-electron chi connectivity index (χ3n) is 3.04. The van der Waals surface area contributed by atoms with Gasteiger partial charge in [0.15, 0.2) is 5.78 Å². The highest BCUT2D eigenvalue weighted by atomic mass is 32.1. The average Bonchev–Trinajstić information content (AvgIpc) is 2.91. The van der Waals surface area contributed by atoms with Gasteiger partial charge in [0.2, 0.25) is 0 Å². The van der Waals surface area contributed by atoms with E-state index in [4.69, 9.17) is 4.74 Å². The van der Waals surface area contributed by atoms with Crippen LogP contribution >= 0.6 is 11.3 Å². The standard InChI is InChI=1S/C15H18N2O2S/c1-11(18)12-4-5-15(19-3)13(6-12)7-17(2)8-14-9-20-10-16-14/h4-6,9-10H,7-8H2,1-3H3. The Morgan fingerprint density at radius 3 is 2.80 bits per heavy atom. The summed E-state index contributed by atoms with van der Waals surface area (Å²) in [7, 11) is 3.67. The summed E-state index contributed by atoms with van der Waals surface area (Å²) in [5.41, 5.74) is 4.61. The number of carbonyl (C=O) groups is 1. The first kappa shape index (κ1) is 14.7. The van der Waals surface area contributed by atoms with Crippen molar-refractivity contribution in [2.24, 2.45) is 0 Å². The Balaban J connectivity index is 2.14. The quantitative estimate of drug-likeness (QED) is 0.767. The molecule has 0 aliphatic heterocycles. The zero-order valence-corrected chi connectivity index (χ0v) is 12.7. The van der Waals surface area contributed by atoms with E-state index < -0.39 is 0 Å². The van der Waals surface area contributed by atoms with Gasteiger partial charge < -0.3 is 4.74 Å². The Morgan fingerprint density at radius 2 is 2.20 bits per heavy atom. The molecule has 2 aromatic rings. The molecule has 0 radical (unpaired) electrons. The second kappa shape index (κ2) is 6.63. The molecule has 106 valence electrons. The summed E-state index contributed by atoms with van der Waals surface area (Å²) < 4.78 is 5.36. The number of hydrogen-bond donors (Lipinski definition) is 0. The summed E-state index contributed by atoms with van der Waals surface area (Å²) in [6.45, 7) is 3.06. The van der Waals surface area contributed by atoms with Crippen molar-refractivity contribution in [2.45, 2.75) is 20.0 Å². The maximum absolute atomic E-state index is 11.5. The molecule has 1 heterocycles. The summed E-state index contributed by atoms with van der Waals surface area (Å²) in [5.74, 6) is 0.871. The minimum atomic E-state index is 0.0658. The highest BCUT2D eigenvalue weighted by Crippen LogP contribution is 2.22. The number of hydrogen-bond acceptors (Lipinski definition) is 5. The predicted molar refractivity (Wildman–Crippen MR) is 80.3 cm³/mol. The first-order chi connectivity index (χ1) is 9.60. The SMILES string of the molecule is COc1ccc(C(C)=O)cc1CN(C)Cc1cscn1. The van der Waals surface area contributed by atoms with Crippen LogP contribution in [-0.4, -0.2) is 29.8 Å². The van der Waals surface area contributed by atoms with Crippen LogP contribution < -0.4 is 4.74 Å². The number of ketones is 1. The molecular weight excluding hydrogens is 272 g/mol. The fourth-order valence-corrected chi connectivity index (χ4v) is 2.61. The molecule has 0 N–H and O–H groups in total. The lowest BCUT2D eigenvalue weighted by Gasteiger charge is -2.18. The molecule has 0 fully saturated rings. The molecule has 2 rings (SSSR count). The molecule has 0 unspecified atom stereocenters. The largest absolute Gasteiger partial charge is 0.496 e. The number of carbonyl (C=O) groups excluding carboxylic acids is 1. The smallest absolute Gasteiger partial charge is 0.159 e. The van der Waals surface area contributed by atoms with Crippen molar-refractivity contribution >= 4 is 17.1 Å². The molecule has 0 spiro atoms. The number of benzene rings is 1. The molecule has 4 nitrogen and oxygen atoms in total. The summed E-state index contributed by atoms with van der Waals surface area (Å²) in [5, 5.41) is 2.04. The Hall–Kier alpha value is -1.72. The number of aromatic nitrogens is 1. The van der Waals surface area contributed by atoms with Gasteiger partial charge in [0, 0.05) is 29.6 Å². The van der Waals surface area contributed by atoms with Crippen LogP contribution in [0.4, 0.5) is 0 Å². The average molecular weight is 290 g/mol. The molecule has 0 aliphatic carbocycles. The minimum absolute atomic E-state index is 0.0658. The van der Waals surface area contributed by atoms with Gasteiger partial charge in [-0.2, -0.15) is 0 Å². The number of methoxy groups -OCH3 is 1. The van der Waals surface area contributed by atoms with Crippen LogP contribution in [0.3, 0.4) is 0 Å². The Kier molecular flexibility index (Phi) is 4.87. The second-order valence-corrected chi connectivity index (χ2v) is 5.45. The molecule has 1 aromatic heterocycles. The summed E-state index contributed by atoms with van der Waals surface area (Å²) in [4.78, 5) is 17.9. The van der Waals surface area contributed by atoms with E-state index in [0.29, 0.717) is 12.1 Å². The number of ether oxygens (including phenoxy) is 1. The number of nitrogens with zero attached hydrogens (tertiary/aromatic N) is 2. The molecule has 1 aromatic carbocycles. The van der Waals surface area contributed by atoms with Gasteiger partial charge in [-0.15, -0.1) is 11.3 Å². The van der Waals surface area contributed by atoms with Crippen molar-refractivity contribution < 1.29 is 9.53 Å². The molecule has 0 saturated heterocycles. The van der Waals surface area contributed by atoms with Crippen LogP contribution in [0.2, 0.25) is 0 Å². The third-order valence-corrected chi connectivity index (χ3v) is 3.68. The number of Topliss-reactive ketones (excluding diaryl/α,β-unsaturated/α-hetero) is 1. The van der Waals surface area contributed by atoms with Gasteiger partial charge in [-0.25, -0.2) is 4.98 Å². The predicted octanol–water partition coefficient (Wildman–Crippen LogP) is 2.99. The van der Waals surface area contributed by atoms with E-state index >= 15 is 0 Å². The molecule has 5 heteroatoms. The normalized spacial score (nSPS) is 10.8. The fourth-order valence-electron chi connectivity index (χ4n) is 2.06. The van der Waals surface area contributed by atoms with Gasteiger partial charge in [-0.1, -0.05) is 0 Å². The van der Waals surface area contributed by atoms with E-state index in [1.807, 2.05) is 30.1 Å². The lowest BCUT2D eigenvalue weighted by molar-refractivity contribution is 0.101. The van der Waals surface area contributed by atoms with E-state index in [1.54, 1.807) is 31.4 Å². The van der Waals surface area contributed by atoms with Crippen molar-refractivity contribution in [3.05, 3.63) is 45.9 Å². The summed E-state index contributed by atoms with van der Waals surface area (Å²) >= 11 is 1.59. The van der Waals surface area contributed by atoms with Crippen molar-refractivity contribution in [3.63, 3.8) is 0 Å². The van der Waals surface area contributed by atoms with Crippen LogP contribution in [0.15, 0.2) is 29.1 Å². The van der Waals surface area contributed by atoms with E-state index in [9.17, 15) is 4.79 Å². The van der Waals surface area contributed by atoms with E-state index in [2.05, 4.69) is 9.88 Å². The Labute approximate surface area is 123 Å². The fraction of sp³-hybridized carbons (Fsp3) is 0.333. The highest BCUT2D eigenvalue weighted by molar-refractivity contribution is 7.07. The van der Waals surface area contributed by atoms with Gasteiger partial charge in [-0.3, -0.25) is 9.69 Å². The molecule has 0 atom stereocenters. The zero-order valence-electron chi connectivity index (χ0n) is 11.9. The molecule has 0 saturated carbocycles. The molecule has 0 aliphatic rings. The molecular formula is C15H18N2O2S. The van der Waals surface area contributed by atoms with Crippen molar-refractivity contribution in [3.8, 4) is 5.75 Å². The first-order valence-corrected chi connectivity index (χ1v) is 7.28. The lowest BCUT2D eigenvalue weighted by Crippen LogP contribution is -2.18. The highest BCUT2D eigenvalue weighted by Gasteiger charge is 2.10. The minimum Gasteiger partial charge on any atom is -0.496 e. The van der Waals surface area contributed by atoms with Crippen molar-refractivity contribution in [1.82, 2.24) is 9.88 Å². The lowest BCUT2D eigenvalue weighted by atomic mass is 10.1. The van der Waals surface area contributed by atoms with E-state index in [0.717, 1.165) is 23.6 Å². The first-order valence-electron chi connectivity index (χ1n) is 6.33. The molecule has 20 heavy (non-hydrogen) atoms. The van der Waals surface area contributed by atoms with Crippen LogP contribution in [0.1, 0.15) is 28.5 Å². The Morgan fingerprint density at radius 1 is 1.40 bits per heavy atom. The van der Waals surface area contributed by atoms with E-state index in [1.165, 1.54) is 0 Å².